The van der Waals surface area contributed by atoms with Gasteiger partial charge in [0.1, 0.15) is 0 Å². The lowest BCUT2D eigenvalue weighted by molar-refractivity contribution is 0.0945. The van der Waals surface area contributed by atoms with Gasteiger partial charge in [0.05, 0.1) is 11.7 Å². The number of hydrogen-bond donors (Lipinski definition) is 2. The number of carbonyl (C=O) groups is 1. The molecule has 1 unspecified atom stereocenters. The van der Waals surface area contributed by atoms with Gasteiger partial charge in [0.25, 0.3) is 5.91 Å². The summed E-state index contributed by atoms with van der Waals surface area (Å²) in [6, 6.07) is 5.56. The fourth-order valence-electron chi connectivity index (χ4n) is 1.67. The topological polar surface area (TPSA) is 57.8 Å². The van der Waals surface area contributed by atoms with E-state index in [2.05, 4.69) is 36.3 Å². The third kappa shape index (κ3) is 2.70. The van der Waals surface area contributed by atoms with Gasteiger partial charge in [-0.15, -0.1) is 0 Å². The zero-order chi connectivity index (χ0) is 13.1. The summed E-state index contributed by atoms with van der Waals surface area (Å²) < 4.78 is 0. The van der Waals surface area contributed by atoms with Gasteiger partial charge >= 0.3 is 0 Å². The summed E-state index contributed by atoms with van der Waals surface area (Å²) in [5.41, 5.74) is 1.56. The number of carbonyl (C=O) groups excluding carboxylic acids is 1. The number of rotatable bonds is 4. The van der Waals surface area contributed by atoms with Crippen LogP contribution in [0.5, 0.6) is 0 Å². The van der Waals surface area contributed by atoms with Gasteiger partial charge in [-0.05, 0) is 24.0 Å². The van der Waals surface area contributed by atoms with Crippen LogP contribution in [0.25, 0.3) is 10.9 Å². The fraction of sp³-hybridized carbons (Fsp3) is 0.429. The number of aromatic nitrogens is 2. The van der Waals surface area contributed by atoms with Crippen LogP contribution in [0.2, 0.25) is 0 Å². The molecule has 2 N–H and O–H groups in total. The number of benzene rings is 1. The van der Waals surface area contributed by atoms with Gasteiger partial charge in [-0.25, -0.2) is 0 Å². The van der Waals surface area contributed by atoms with Gasteiger partial charge in [0, 0.05) is 17.5 Å². The Balaban J connectivity index is 2.04. The Bertz CT molecular complexity index is 545. The Morgan fingerprint density at radius 3 is 2.89 bits per heavy atom. The smallest absolute Gasteiger partial charge is 0.251 e. The highest BCUT2D eigenvalue weighted by Crippen LogP contribution is 2.13. The van der Waals surface area contributed by atoms with E-state index < -0.39 is 0 Å². The zero-order valence-electron chi connectivity index (χ0n) is 11.0. The van der Waals surface area contributed by atoms with Gasteiger partial charge in [-0.1, -0.05) is 26.8 Å². The Kier molecular flexibility index (Phi) is 3.65. The molecule has 18 heavy (non-hydrogen) atoms. The van der Waals surface area contributed by atoms with Crippen LogP contribution in [0.3, 0.4) is 0 Å². The second-order valence-corrected chi connectivity index (χ2v) is 5.10. The first-order chi connectivity index (χ1) is 8.58. The summed E-state index contributed by atoms with van der Waals surface area (Å²) in [5.74, 6) is 1.02. The molecule has 0 radical (unpaired) electrons. The summed E-state index contributed by atoms with van der Waals surface area (Å²) in [7, 11) is 0. The third-order valence-electron chi connectivity index (χ3n) is 3.43. The molecule has 0 aliphatic carbocycles. The molecule has 4 nitrogen and oxygen atoms in total. The van der Waals surface area contributed by atoms with Crippen LogP contribution in [0.15, 0.2) is 24.4 Å². The predicted octanol–water partition coefficient (Wildman–Crippen LogP) is 2.58. The van der Waals surface area contributed by atoms with E-state index in [0.717, 1.165) is 10.9 Å². The monoisotopic (exact) mass is 245 g/mol. The molecule has 1 atom stereocenters. The van der Waals surface area contributed by atoms with Crippen molar-refractivity contribution in [2.45, 2.75) is 20.8 Å². The van der Waals surface area contributed by atoms with Crippen molar-refractivity contribution in [3.8, 4) is 0 Å². The highest BCUT2D eigenvalue weighted by atomic mass is 16.1. The van der Waals surface area contributed by atoms with E-state index in [1.54, 1.807) is 6.20 Å². The normalized spacial score (nSPS) is 12.9. The lowest BCUT2D eigenvalue weighted by Gasteiger charge is -2.16. The van der Waals surface area contributed by atoms with Crippen molar-refractivity contribution in [1.29, 1.82) is 0 Å². The first kappa shape index (κ1) is 12.6. The van der Waals surface area contributed by atoms with Crippen molar-refractivity contribution < 1.29 is 4.79 Å². The molecule has 2 aromatic rings. The second kappa shape index (κ2) is 5.21. The molecule has 0 spiro atoms. The standard InChI is InChI=1S/C14H19N3O/c1-9(2)10(3)7-15-14(18)11-4-5-12-8-16-17-13(12)6-11/h4-6,8-10H,7H2,1-3H3,(H,15,18)(H,16,17). The van der Waals surface area contributed by atoms with Crippen LogP contribution >= 0.6 is 0 Å². The Morgan fingerprint density at radius 2 is 2.17 bits per heavy atom. The number of nitrogens with zero attached hydrogens (tertiary/aromatic N) is 1. The Hall–Kier alpha value is -1.84. The summed E-state index contributed by atoms with van der Waals surface area (Å²) in [6.45, 7) is 7.17. The fourth-order valence-corrected chi connectivity index (χ4v) is 1.67. The number of nitrogens with one attached hydrogen (secondary N) is 2. The van der Waals surface area contributed by atoms with Crippen molar-refractivity contribution in [3.05, 3.63) is 30.0 Å². The van der Waals surface area contributed by atoms with Crippen molar-refractivity contribution in [2.75, 3.05) is 6.54 Å². The number of amides is 1. The number of hydrogen-bond acceptors (Lipinski definition) is 2. The minimum Gasteiger partial charge on any atom is -0.352 e. The molecule has 1 amide bonds. The van der Waals surface area contributed by atoms with Gasteiger partial charge in [-0.2, -0.15) is 5.10 Å². The molecule has 0 saturated carbocycles. The van der Waals surface area contributed by atoms with Crippen molar-refractivity contribution in [2.24, 2.45) is 11.8 Å². The highest BCUT2D eigenvalue weighted by molar-refractivity contribution is 5.97. The van der Waals surface area contributed by atoms with E-state index in [0.29, 0.717) is 23.9 Å². The summed E-state index contributed by atoms with van der Waals surface area (Å²) in [5, 5.41) is 10.8. The largest absolute Gasteiger partial charge is 0.352 e. The van der Waals surface area contributed by atoms with Crippen LogP contribution < -0.4 is 5.32 Å². The quantitative estimate of drug-likeness (QED) is 0.869. The third-order valence-corrected chi connectivity index (χ3v) is 3.43. The highest BCUT2D eigenvalue weighted by Gasteiger charge is 2.11. The van der Waals surface area contributed by atoms with Crippen molar-refractivity contribution in [3.63, 3.8) is 0 Å². The summed E-state index contributed by atoms with van der Waals surface area (Å²) in [6.07, 6.45) is 1.75. The molecule has 1 heterocycles. The molecule has 0 aliphatic rings. The van der Waals surface area contributed by atoms with Crippen LogP contribution in [-0.4, -0.2) is 22.6 Å². The van der Waals surface area contributed by atoms with Gasteiger partial charge in [0.15, 0.2) is 0 Å². The van der Waals surface area contributed by atoms with Crippen LogP contribution in [0, 0.1) is 11.8 Å². The zero-order valence-corrected chi connectivity index (χ0v) is 11.0. The van der Waals surface area contributed by atoms with E-state index in [9.17, 15) is 4.79 Å². The second-order valence-electron chi connectivity index (χ2n) is 5.10. The van der Waals surface area contributed by atoms with Crippen molar-refractivity contribution in [1.82, 2.24) is 15.5 Å². The first-order valence-electron chi connectivity index (χ1n) is 6.29. The number of aromatic amines is 1. The molecule has 0 aliphatic heterocycles. The van der Waals surface area contributed by atoms with Gasteiger partial charge in [-0.3, -0.25) is 9.89 Å². The van der Waals surface area contributed by atoms with Crippen LogP contribution in [-0.2, 0) is 0 Å². The van der Waals surface area contributed by atoms with Gasteiger partial charge in [0.2, 0.25) is 0 Å². The molecular formula is C14H19N3O. The minimum absolute atomic E-state index is 0.0287. The number of fused-ring (bicyclic) bond motifs is 1. The van der Waals surface area contributed by atoms with E-state index >= 15 is 0 Å². The molecule has 0 saturated heterocycles. The lowest BCUT2D eigenvalue weighted by atomic mass is 9.98. The molecule has 4 heteroatoms. The summed E-state index contributed by atoms with van der Waals surface area (Å²) in [4.78, 5) is 12.0. The molecule has 0 bridgehead atoms. The van der Waals surface area contributed by atoms with Crippen LogP contribution in [0.1, 0.15) is 31.1 Å². The minimum atomic E-state index is -0.0287. The average Bonchev–Trinajstić information content (AvgIpc) is 2.82. The number of H-pyrrole nitrogens is 1. The van der Waals surface area contributed by atoms with E-state index in [4.69, 9.17) is 0 Å². The molecule has 0 fully saturated rings. The molecule has 1 aromatic heterocycles. The maximum absolute atomic E-state index is 12.0. The summed E-state index contributed by atoms with van der Waals surface area (Å²) >= 11 is 0. The predicted molar refractivity (Wildman–Crippen MR) is 72.4 cm³/mol. The molecular weight excluding hydrogens is 226 g/mol. The first-order valence-corrected chi connectivity index (χ1v) is 6.29. The van der Waals surface area contributed by atoms with Crippen molar-refractivity contribution >= 4 is 16.8 Å². The SMILES string of the molecule is CC(C)C(C)CNC(=O)c1ccc2cn[nH]c2c1. The Morgan fingerprint density at radius 1 is 1.39 bits per heavy atom. The maximum Gasteiger partial charge on any atom is 0.251 e. The molecule has 2 rings (SSSR count). The van der Waals surface area contributed by atoms with E-state index in [1.807, 2.05) is 18.2 Å². The average molecular weight is 245 g/mol. The van der Waals surface area contributed by atoms with E-state index in [1.165, 1.54) is 0 Å². The van der Waals surface area contributed by atoms with Crippen LogP contribution in [0.4, 0.5) is 0 Å². The maximum atomic E-state index is 12.0. The van der Waals surface area contributed by atoms with E-state index in [-0.39, 0.29) is 5.91 Å². The van der Waals surface area contributed by atoms with Gasteiger partial charge < -0.3 is 5.32 Å². The molecule has 1 aromatic carbocycles. The molecule has 96 valence electrons. The Labute approximate surface area is 107 Å². The lowest BCUT2D eigenvalue weighted by Crippen LogP contribution is -2.30.